The van der Waals surface area contributed by atoms with Crippen LogP contribution in [0.4, 0.5) is 11.4 Å². The van der Waals surface area contributed by atoms with Gasteiger partial charge in [0.2, 0.25) is 0 Å². The minimum absolute atomic E-state index is 0.212. The standard InChI is InChI=1S/C16H14N2O5/c1-2-9-7-10(3-5-12(9)15(20)21)17-18-11-4-6-14(19)13(8-11)16(22)23/h3-8,19H,2H2,1H3,(H,20,21)(H,22,23). The van der Waals surface area contributed by atoms with Crippen molar-refractivity contribution >= 4 is 23.3 Å². The minimum atomic E-state index is -1.27. The summed E-state index contributed by atoms with van der Waals surface area (Å²) in [5.74, 6) is -2.62. The molecule has 0 spiro atoms. The van der Waals surface area contributed by atoms with Gasteiger partial charge in [-0.15, -0.1) is 0 Å². The van der Waals surface area contributed by atoms with Crippen molar-refractivity contribution in [1.82, 2.24) is 0 Å². The van der Waals surface area contributed by atoms with Crippen molar-refractivity contribution in [2.24, 2.45) is 10.2 Å². The number of carboxylic acid groups (broad SMARTS) is 2. The van der Waals surface area contributed by atoms with Crippen LogP contribution < -0.4 is 0 Å². The third-order valence-electron chi connectivity index (χ3n) is 3.19. The molecule has 0 aliphatic rings. The molecule has 2 aromatic rings. The highest BCUT2D eigenvalue weighted by molar-refractivity contribution is 5.91. The van der Waals surface area contributed by atoms with Gasteiger partial charge in [-0.2, -0.15) is 10.2 Å². The van der Waals surface area contributed by atoms with Gasteiger partial charge in [0.1, 0.15) is 11.3 Å². The fourth-order valence-electron chi connectivity index (χ4n) is 2.02. The molecule has 0 aliphatic heterocycles. The Balaban J connectivity index is 2.32. The number of carboxylic acids is 2. The maximum atomic E-state index is 11.1. The van der Waals surface area contributed by atoms with E-state index in [1.54, 1.807) is 6.07 Å². The Morgan fingerprint density at radius 2 is 1.48 bits per heavy atom. The molecule has 2 aromatic carbocycles. The lowest BCUT2D eigenvalue weighted by atomic mass is 10.0. The van der Waals surface area contributed by atoms with Gasteiger partial charge < -0.3 is 15.3 Å². The van der Waals surface area contributed by atoms with E-state index in [1.165, 1.54) is 30.3 Å². The van der Waals surface area contributed by atoms with E-state index in [-0.39, 0.29) is 22.6 Å². The van der Waals surface area contributed by atoms with E-state index in [0.717, 1.165) is 0 Å². The summed E-state index contributed by atoms with van der Waals surface area (Å²) in [4.78, 5) is 22.0. The van der Waals surface area contributed by atoms with Crippen LogP contribution in [0.5, 0.6) is 5.75 Å². The van der Waals surface area contributed by atoms with Crippen LogP contribution in [-0.4, -0.2) is 27.3 Å². The quantitative estimate of drug-likeness (QED) is 0.726. The molecule has 0 atom stereocenters. The van der Waals surface area contributed by atoms with Crippen LogP contribution in [-0.2, 0) is 6.42 Å². The summed E-state index contributed by atoms with van der Waals surface area (Å²) >= 11 is 0. The lowest BCUT2D eigenvalue weighted by Gasteiger charge is -2.04. The molecule has 7 nitrogen and oxygen atoms in total. The summed E-state index contributed by atoms with van der Waals surface area (Å²) < 4.78 is 0. The molecule has 0 bridgehead atoms. The smallest absolute Gasteiger partial charge is 0.339 e. The molecule has 0 fully saturated rings. The van der Waals surface area contributed by atoms with Crippen LogP contribution in [0, 0.1) is 0 Å². The van der Waals surface area contributed by atoms with Gasteiger partial charge in [-0.25, -0.2) is 9.59 Å². The van der Waals surface area contributed by atoms with Gasteiger partial charge in [0, 0.05) is 0 Å². The third kappa shape index (κ3) is 3.70. The first-order valence-electron chi connectivity index (χ1n) is 6.76. The van der Waals surface area contributed by atoms with E-state index in [0.29, 0.717) is 17.7 Å². The number of phenols is 1. The number of hydrogen-bond donors (Lipinski definition) is 3. The summed E-state index contributed by atoms with van der Waals surface area (Å²) in [6.45, 7) is 1.84. The fourth-order valence-corrected chi connectivity index (χ4v) is 2.02. The summed E-state index contributed by atoms with van der Waals surface area (Å²) in [6.07, 6.45) is 0.535. The van der Waals surface area contributed by atoms with E-state index < -0.39 is 11.9 Å². The molecule has 0 heterocycles. The SMILES string of the molecule is CCc1cc(N=Nc2ccc(O)c(C(=O)O)c2)ccc1C(=O)O. The number of nitrogens with zero attached hydrogens (tertiary/aromatic N) is 2. The van der Waals surface area contributed by atoms with Crippen LogP contribution in [0.3, 0.4) is 0 Å². The average Bonchev–Trinajstić information content (AvgIpc) is 2.53. The van der Waals surface area contributed by atoms with Gasteiger partial charge >= 0.3 is 11.9 Å². The van der Waals surface area contributed by atoms with E-state index in [1.807, 2.05) is 6.92 Å². The second kappa shape index (κ2) is 6.69. The first-order chi connectivity index (χ1) is 10.9. The van der Waals surface area contributed by atoms with Gasteiger partial charge in [0.05, 0.1) is 16.9 Å². The van der Waals surface area contributed by atoms with Crippen molar-refractivity contribution in [2.75, 3.05) is 0 Å². The van der Waals surface area contributed by atoms with Crippen molar-refractivity contribution in [2.45, 2.75) is 13.3 Å². The fraction of sp³-hybridized carbons (Fsp3) is 0.125. The second-order valence-electron chi connectivity index (χ2n) is 4.71. The number of benzene rings is 2. The largest absolute Gasteiger partial charge is 0.507 e. The van der Waals surface area contributed by atoms with E-state index in [9.17, 15) is 14.7 Å². The van der Waals surface area contributed by atoms with Gasteiger partial charge in [0.15, 0.2) is 0 Å². The maximum Gasteiger partial charge on any atom is 0.339 e. The van der Waals surface area contributed by atoms with Crippen molar-refractivity contribution in [3.8, 4) is 5.75 Å². The summed E-state index contributed by atoms with van der Waals surface area (Å²) in [7, 11) is 0. The first kappa shape index (κ1) is 16.2. The van der Waals surface area contributed by atoms with E-state index in [4.69, 9.17) is 10.2 Å². The van der Waals surface area contributed by atoms with Crippen molar-refractivity contribution in [1.29, 1.82) is 0 Å². The summed E-state index contributed by atoms with van der Waals surface area (Å²) in [5.41, 5.74) is 1.30. The van der Waals surface area contributed by atoms with Crippen molar-refractivity contribution in [3.63, 3.8) is 0 Å². The number of aromatic carboxylic acids is 2. The summed E-state index contributed by atoms with van der Waals surface area (Å²) in [5, 5.41) is 35.3. The van der Waals surface area contributed by atoms with Gasteiger partial charge in [0.25, 0.3) is 0 Å². The normalized spacial score (nSPS) is 10.8. The van der Waals surface area contributed by atoms with Crippen LogP contribution in [0.2, 0.25) is 0 Å². The number of hydrogen-bond acceptors (Lipinski definition) is 5. The number of carbonyl (C=O) groups is 2. The topological polar surface area (TPSA) is 120 Å². The van der Waals surface area contributed by atoms with Gasteiger partial charge in [-0.1, -0.05) is 6.92 Å². The Kier molecular flexibility index (Phi) is 4.70. The van der Waals surface area contributed by atoms with E-state index >= 15 is 0 Å². The summed E-state index contributed by atoms with van der Waals surface area (Å²) in [6, 6.07) is 8.44. The van der Waals surface area contributed by atoms with Crippen LogP contribution in [0.25, 0.3) is 0 Å². The minimum Gasteiger partial charge on any atom is -0.507 e. The Morgan fingerprint density at radius 3 is 2.04 bits per heavy atom. The molecule has 2 rings (SSSR count). The Morgan fingerprint density at radius 1 is 0.913 bits per heavy atom. The molecule has 0 saturated heterocycles. The molecule has 0 amide bonds. The van der Waals surface area contributed by atoms with Crippen LogP contribution in [0.1, 0.15) is 33.2 Å². The average molecular weight is 314 g/mol. The number of aromatic hydroxyl groups is 1. The molecule has 0 aliphatic carbocycles. The Bertz CT molecular complexity index is 799. The monoisotopic (exact) mass is 314 g/mol. The number of azo groups is 1. The van der Waals surface area contributed by atoms with Gasteiger partial charge in [-0.05, 0) is 48.4 Å². The highest BCUT2D eigenvalue weighted by Crippen LogP contribution is 2.26. The van der Waals surface area contributed by atoms with Gasteiger partial charge in [-0.3, -0.25) is 0 Å². The predicted octanol–water partition coefficient (Wildman–Crippen LogP) is 3.77. The molecule has 7 heteroatoms. The highest BCUT2D eigenvalue weighted by atomic mass is 16.4. The number of rotatable bonds is 5. The Labute approximate surface area is 131 Å². The molecule has 118 valence electrons. The zero-order valence-electron chi connectivity index (χ0n) is 12.2. The molecule has 3 N–H and O–H groups in total. The second-order valence-corrected chi connectivity index (χ2v) is 4.71. The predicted molar refractivity (Wildman–Crippen MR) is 82.0 cm³/mol. The lowest BCUT2D eigenvalue weighted by Crippen LogP contribution is -2.00. The lowest BCUT2D eigenvalue weighted by molar-refractivity contribution is 0.0683. The first-order valence-corrected chi connectivity index (χ1v) is 6.76. The van der Waals surface area contributed by atoms with Crippen molar-refractivity contribution in [3.05, 3.63) is 53.1 Å². The molecule has 0 radical (unpaired) electrons. The Hall–Kier alpha value is -3.22. The van der Waals surface area contributed by atoms with Crippen molar-refractivity contribution < 1.29 is 24.9 Å². The molecule has 23 heavy (non-hydrogen) atoms. The van der Waals surface area contributed by atoms with Crippen LogP contribution in [0.15, 0.2) is 46.6 Å². The molecule has 0 saturated carbocycles. The third-order valence-corrected chi connectivity index (χ3v) is 3.19. The maximum absolute atomic E-state index is 11.1. The molecule has 0 unspecified atom stereocenters. The zero-order chi connectivity index (χ0) is 17.0. The number of aryl methyl sites for hydroxylation is 1. The highest BCUT2D eigenvalue weighted by Gasteiger charge is 2.11. The molecular weight excluding hydrogens is 300 g/mol. The van der Waals surface area contributed by atoms with Crippen LogP contribution >= 0.6 is 0 Å². The zero-order valence-corrected chi connectivity index (χ0v) is 12.2. The van der Waals surface area contributed by atoms with E-state index in [2.05, 4.69) is 10.2 Å². The molecular formula is C16H14N2O5. The molecule has 0 aromatic heterocycles.